The number of unbranched alkanes of at least 4 members (excludes halogenated alkanes) is 4. The highest BCUT2D eigenvalue weighted by Gasteiger charge is 1.87. The molecular weight excluding hydrogens is 247 g/mol. The maximum atomic E-state index is 2.43. The van der Waals surface area contributed by atoms with E-state index in [0.717, 1.165) is 0 Å². The minimum absolute atomic E-state index is 1.20. The maximum Gasteiger partial charge on any atom is -0.0137 e. The molecule has 0 atom stereocenters. The van der Waals surface area contributed by atoms with Gasteiger partial charge in [0.15, 0.2) is 0 Å². The zero-order chi connectivity index (χ0) is 8.53. The Balaban J connectivity index is 3.12. The minimum atomic E-state index is 1.20. The van der Waals surface area contributed by atoms with Crippen LogP contribution in [0.1, 0.15) is 52.4 Å². The van der Waals surface area contributed by atoms with Gasteiger partial charge in [0, 0.05) is 0 Å². The van der Waals surface area contributed by atoms with Gasteiger partial charge in [-0.2, -0.15) is 0 Å². The van der Waals surface area contributed by atoms with Crippen molar-refractivity contribution in [1.29, 1.82) is 0 Å². The monoisotopic (exact) mass is 266 g/mol. The summed E-state index contributed by atoms with van der Waals surface area (Å²) in [5, 5.41) is 0. The smallest absolute Gasteiger partial charge is 0.0137 e. The Morgan fingerprint density at radius 1 is 1.18 bits per heavy atom. The van der Waals surface area contributed by atoms with Crippen LogP contribution in [0.15, 0.2) is 9.66 Å². The van der Waals surface area contributed by atoms with Gasteiger partial charge in [0.25, 0.3) is 0 Å². The van der Waals surface area contributed by atoms with Gasteiger partial charge in [0.1, 0.15) is 0 Å². The second kappa shape index (κ2) is 8.57. The normalized spacial score (nSPS) is 12.1. The van der Waals surface area contributed by atoms with Crippen LogP contribution in [0.4, 0.5) is 0 Å². The quantitative estimate of drug-likeness (QED) is 0.483. The average molecular weight is 266 g/mol. The van der Waals surface area contributed by atoms with Crippen molar-refractivity contribution >= 4 is 22.6 Å². The van der Waals surface area contributed by atoms with Crippen LogP contribution in [0.25, 0.3) is 0 Å². The van der Waals surface area contributed by atoms with Crippen LogP contribution in [-0.2, 0) is 0 Å². The average Bonchev–Trinajstić information content (AvgIpc) is 2.04. The molecule has 0 aliphatic carbocycles. The summed E-state index contributed by atoms with van der Waals surface area (Å²) >= 11 is 2.43. The molecular formula is C10H19I. The molecule has 1 heteroatoms. The van der Waals surface area contributed by atoms with Crippen LogP contribution in [-0.4, -0.2) is 0 Å². The van der Waals surface area contributed by atoms with Gasteiger partial charge >= 0.3 is 0 Å². The fourth-order valence-corrected chi connectivity index (χ4v) is 1.29. The molecule has 0 amide bonds. The number of halogens is 1. The number of rotatable bonds is 6. The number of allylic oxidation sites excluding steroid dienone is 2. The summed E-state index contributed by atoms with van der Waals surface area (Å²) in [5.74, 6) is 0. The molecule has 0 fully saturated rings. The summed E-state index contributed by atoms with van der Waals surface area (Å²) in [5.41, 5.74) is 0. The lowest BCUT2D eigenvalue weighted by atomic mass is 10.1. The Kier molecular flexibility index (Phi) is 8.93. The van der Waals surface area contributed by atoms with Crippen molar-refractivity contribution in [2.75, 3.05) is 0 Å². The molecule has 0 aromatic carbocycles. The first-order valence-electron chi connectivity index (χ1n) is 4.65. The van der Waals surface area contributed by atoms with E-state index in [2.05, 4.69) is 42.5 Å². The second-order valence-corrected chi connectivity index (χ2v) is 4.24. The largest absolute Gasteiger partial charge is 0.0752 e. The Bertz CT molecular complexity index is 105. The molecule has 0 saturated heterocycles. The molecule has 0 aromatic heterocycles. The van der Waals surface area contributed by atoms with Crippen LogP contribution in [0.3, 0.4) is 0 Å². The van der Waals surface area contributed by atoms with E-state index >= 15 is 0 Å². The van der Waals surface area contributed by atoms with Gasteiger partial charge in [-0.25, -0.2) is 0 Å². The molecule has 0 aliphatic heterocycles. The molecule has 11 heavy (non-hydrogen) atoms. The molecule has 0 aromatic rings. The van der Waals surface area contributed by atoms with E-state index in [-0.39, 0.29) is 0 Å². The summed E-state index contributed by atoms with van der Waals surface area (Å²) in [4.78, 5) is 0. The summed E-state index contributed by atoms with van der Waals surface area (Å²) in [6, 6.07) is 0. The zero-order valence-corrected chi connectivity index (χ0v) is 9.86. The van der Waals surface area contributed by atoms with Gasteiger partial charge in [-0.3, -0.25) is 0 Å². The lowest BCUT2D eigenvalue weighted by Gasteiger charge is -1.95. The van der Waals surface area contributed by atoms with E-state index in [1.54, 1.807) is 0 Å². The van der Waals surface area contributed by atoms with E-state index in [4.69, 9.17) is 0 Å². The first-order valence-corrected chi connectivity index (χ1v) is 5.73. The van der Waals surface area contributed by atoms with Gasteiger partial charge in [-0.05, 0) is 45.4 Å². The molecule has 0 rings (SSSR count). The van der Waals surface area contributed by atoms with Crippen molar-refractivity contribution in [3.05, 3.63) is 9.66 Å². The van der Waals surface area contributed by atoms with Gasteiger partial charge in [-0.15, -0.1) is 0 Å². The van der Waals surface area contributed by atoms with Crippen LogP contribution in [0.2, 0.25) is 0 Å². The highest BCUT2D eigenvalue weighted by Crippen LogP contribution is 2.13. The predicted molar refractivity (Wildman–Crippen MR) is 61.2 cm³/mol. The van der Waals surface area contributed by atoms with E-state index in [1.165, 1.54) is 42.1 Å². The Hall–Kier alpha value is 0.470. The molecule has 0 bridgehead atoms. The molecule has 0 N–H and O–H groups in total. The third kappa shape index (κ3) is 8.38. The number of hydrogen-bond donors (Lipinski definition) is 0. The zero-order valence-electron chi connectivity index (χ0n) is 7.70. The summed E-state index contributed by atoms with van der Waals surface area (Å²) in [6.07, 6.45) is 10.4. The molecule has 0 saturated carbocycles. The Morgan fingerprint density at radius 3 is 2.45 bits per heavy atom. The highest BCUT2D eigenvalue weighted by molar-refractivity contribution is 14.1. The molecule has 0 nitrogen and oxygen atoms in total. The van der Waals surface area contributed by atoms with Crippen molar-refractivity contribution in [2.45, 2.75) is 52.4 Å². The summed E-state index contributed by atoms with van der Waals surface area (Å²) < 4.78 is 1.51. The fraction of sp³-hybridized carbons (Fsp3) is 0.800. The summed E-state index contributed by atoms with van der Waals surface area (Å²) in [6.45, 7) is 4.47. The molecule has 0 aliphatic rings. The van der Waals surface area contributed by atoms with Crippen molar-refractivity contribution in [3.63, 3.8) is 0 Å². The second-order valence-electron chi connectivity index (χ2n) is 2.85. The SMILES string of the molecule is CCCCCC/C=C(/I)CC. The summed E-state index contributed by atoms with van der Waals surface area (Å²) in [7, 11) is 0. The molecule has 0 unspecified atom stereocenters. The predicted octanol–water partition coefficient (Wildman–Crippen LogP) is 4.69. The maximum absolute atomic E-state index is 2.43. The van der Waals surface area contributed by atoms with Crippen LogP contribution >= 0.6 is 22.6 Å². The van der Waals surface area contributed by atoms with Gasteiger partial charge in [0.05, 0.1) is 0 Å². The van der Waals surface area contributed by atoms with E-state index in [1.807, 2.05) is 0 Å². The van der Waals surface area contributed by atoms with Crippen molar-refractivity contribution < 1.29 is 0 Å². The third-order valence-corrected chi connectivity index (χ3v) is 2.96. The molecule has 0 spiro atoms. The van der Waals surface area contributed by atoms with Gasteiger partial charge in [-0.1, -0.05) is 39.2 Å². The van der Waals surface area contributed by atoms with Gasteiger partial charge < -0.3 is 0 Å². The third-order valence-electron chi connectivity index (χ3n) is 1.76. The molecule has 0 radical (unpaired) electrons. The lowest BCUT2D eigenvalue weighted by Crippen LogP contribution is -1.74. The lowest BCUT2D eigenvalue weighted by molar-refractivity contribution is 0.674. The van der Waals surface area contributed by atoms with Crippen molar-refractivity contribution in [2.24, 2.45) is 0 Å². The van der Waals surface area contributed by atoms with Crippen LogP contribution < -0.4 is 0 Å². The van der Waals surface area contributed by atoms with E-state index < -0.39 is 0 Å². The first-order chi connectivity index (χ1) is 5.31. The van der Waals surface area contributed by atoms with Crippen LogP contribution in [0, 0.1) is 0 Å². The number of hydrogen-bond acceptors (Lipinski definition) is 0. The molecule has 0 heterocycles. The topological polar surface area (TPSA) is 0 Å². The van der Waals surface area contributed by atoms with Gasteiger partial charge in [0.2, 0.25) is 0 Å². The van der Waals surface area contributed by atoms with E-state index in [0.29, 0.717) is 0 Å². The first kappa shape index (κ1) is 11.5. The fourth-order valence-electron chi connectivity index (χ4n) is 0.974. The standard InChI is InChI=1S/C10H19I/c1-3-5-6-7-8-9-10(11)4-2/h9H,3-8H2,1-2H3/b10-9+. The van der Waals surface area contributed by atoms with Crippen molar-refractivity contribution in [1.82, 2.24) is 0 Å². The van der Waals surface area contributed by atoms with Crippen LogP contribution in [0.5, 0.6) is 0 Å². The Labute approximate surface area is 84.6 Å². The van der Waals surface area contributed by atoms with Crippen molar-refractivity contribution in [3.8, 4) is 0 Å². The minimum Gasteiger partial charge on any atom is -0.0752 e. The molecule has 66 valence electrons. The van der Waals surface area contributed by atoms with E-state index in [9.17, 15) is 0 Å². The highest BCUT2D eigenvalue weighted by atomic mass is 127. The Morgan fingerprint density at radius 2 is 1.91 bits per heavy atom.